The molecule has 1 fully saturated rings. The molecule has 0 saturated heterocycles. The third-order valence-electron chi connectivity index (χ3n) is 6.37. The van der Waals surface area contributed by atoms with Gasteiger partial charge in [-0.1, -0.05) is 19.9 Å². The molecule has 2 atom stereocenters. The Labute approximate surface area is 190 Å². The van der Waals surface area contributed by atoms with Gasteiger partial charge in [-0.25, -0.2) is 4.98 Å². The van der Waals surface area contributed by atoms with E-state index in [1.54, 1.807) is 0 Å². The van der Waals surface area contributed by atoms with E-state index in [1.807, 2.05) is 18.2 Å². The second-order valence-corrected chi connectivity index (χ2v) is 9.29. The van der Waals surface area contributed by atoms with Crippen molar-refractivity contribution < 1.29 is 23.1 Å². The van der Waals surface area contributed by atoms with E-state index in [2.05, 4.69) is 23.7 Å². The molecule has 1 aromatic heterocycles. The van der Waals surface area contributed by atoms with Crippen LogP contribution in [0.2, 0.25) is 0 Å². The van der Waals surface area contributed by atoms with Gasteiger partial charge in [0.25, 0.3) is 0 Å². The van der Waals surface area contributed by atoms with Crippen LogP contribution in [0, 0.1) is 11.8 Å². The summed E-state index contributed by atoms with van der Waals surface area (Å²) >= 11 is 0. The van der Waals surface area contributed by atoms with Crippen LogP contribution < -0.4 is 5.32 Å². The second kappa shape index (κ2) is 9.08. The fourth-order valence-corrected chi connectivity index (χ4v) is 5.00. The van der Waals surface area contributed by atoms with Crippen LogP contribution in [0.3, 0.4) is 0 Å². The Kier molecular flexibility index (Phi) is 6.36. The summed E-state index contributed by atoms with van der Waals surface area (Å²) in [5.41, 5.74) is 2.41. The number of aliphatic carboxylic acids is 1. The minimum Gasteiger partial charge on any atom is -0.481 e. The highest BCUT2D eigenvalue weighted by molar-refractivity contribution is 5.81. The zero-order valence-corrected chi connectivity index (χ0v) is 18.7. The molecule has 3 aromatic rings. The van der Waals surface area contributed by atoms with Gasteiger partial charge in [0.15, 0.2) is 0 Å². The van der Waals surface area contributed by atoms with Crippen molar-refractivity contribution in [3.63, 3.8) is 0 Å². The van der Waals surface area contributed by atoms with E-state index < -0.39 is 17.7 Å². The lowest BCUT2D eigenvalue weighted by molar-refractivity contribution is -0.138. The zero-order valence-electron chi connectivity index (χ0n) is 18.7. The van der Waals surface area contributed by atoms with E-state index in [-0.39, 0.29) is 12.5 Å². The van der Waals surface area contributed by atoms with Gasteiger partial charge in [0.2, 0.25) is 5.95 Å². The maximum Gasteiger partial charge on any atom is 0.416 e. The molecule has 1 saturated carbocycles. The van der Waals surface area contributed by atoms with Crippen LogP contribution in [0.4, 0.5) is 24.8 Å². The van der Waals surface area contributed by atoms with Crippen molar-refractivity contribution in [2.24, 2.45) is 11.8 Å². The number of nitrogens with one attached hydrogen (secondary N) is 1. The van der Waals surface area contributed by atoms with Crippen LogP contribution in [0.15, 0.2) is 42.5 Å². The SMILES string of the molecule is CC1CC(C)CC(n2c(Nc3ccc(C(F)(F)F)cc3)nc3cc(CCC(=O)O)ccc32)C1. The highest BCUT2D eigenvalue weighted by Gasteiger charge is 2.31. The topological polar surface area (TPSA) is 67.2 Å². The highest BCUT2D eigenvalue weighted by Crippen LogP contribution is 2.40. The fraction of sp³-hybridized carbons (Fsp3) is 0.440. The number of aromatic nitrogens is 2. The number of carbonyl (C=O) groups is 1. The van der Waals surface area contributed by atoms with Gasteiger partial charge >= 0.3 is 12.1 Å². The fourth-order valence-electron chi connectivity index (χ4n) is 5.00. The van der Waals surface area contributed by atoms with Gasteiger partial charge in [0.1, 0.15) is 0 Å². The highest BCUT2D eigenvalue weighted by atomic mass is 19.4. The third-order valence-corrected chi connectivity index (χ3v) is 6.37. The van der Waals surface area contributed by atoms with Crippen LogP contribution in [-0.2, 0) is 17.4 Å². The summed E-state index contributed by atoms with van der Waals surface area (Å²) in [5.74, 6) is 0.858. The van der Waals surface area contributed by atoms with Crippen molar-refractivity contribution in [2.75, 3.05) is 5.32 Å². The molecule has 1 aliphatic rings. The molecule has 0 spiro atoms. The van der Waals surface area contributed by atoms with Crippen LogP contribution in [0.1, 0.15) is 56.7 Å². The first kappa shape index (κ1) is 23.1. The lowest BCUT2D eigenvalue weighted by Gasteiger charge is -2.33. The zero-order chi connectivity index (χ0) is 23.8. The van der Waals surface area contributed by atoms with Gasteiger partial charge in [-0.15, -0.1) is 0 Å². The lowest BCUT2D eigenvalue weighted by Crippen LogP contribution is -2.23. The number of hydrogen-bond acceptors (Lipinski definition) is 3. The van der Waals surface area contributed by atoms with Crippen molar-refractivity contribution in [2.45, 2.75) is 58.2 Å². The first-order chi connectivity index (χ1) is 15.6. The van der Waals surface area contributed by atoms with Gasteiger partial charge < -0.3 is 15.0 Å². The lowest BCUT2D eigenvalue weighted by atomic mass is 9.80. The molecule has 2 unspecified atom stereocenters. The molecule has 2 aromatic carbocycles. The van der Waals surface area contributed by atoms with E-state index in [4.69, 9.17) is 10.1 Å². The number of hydrogen-bond donors (Lipinski definition) is 2. The number of alkyl halides is 3. The first-order valence-corrected chi connectivity index (χ1v) is 11.3. The van der Waals surface area contributed by atoms with Gasteiger partial charge in [-0.2, -0.15) is 13.2 Å². The van der Waals surface area contributed by atoms with Gasteiger partial charge in [-0.3, -0.25) is 4.79 Å². The average Bonchev–Trinajstić information content (AvgIpc) is 3.08. The standard InChI is InChI=1S/C25H28F3N3O2/c1-15-11-16(2)13-20(12-15)31-22-9-3-17(4-10-23(32)33)14-21(22)30-24(31)29-19-7-5-18(6-8-19)25(26,27)28/h3,5-9,14-16,20H,4,10-13H2,1-2H3,(H,29,30)(H,32,33). The monoisotopic (exact) mass is 459 g/mol. The minimum absolute atomic E-state index is 0.0422. The summed E-state index contributed by atoms with van der Waals surface area (Å²) in [6.45, 7) is 4.49. The molecule has 33 heavy (non-hydrogen) atoms. The number of imidazole rings is 1. The number of aryl methyl sites for hydroxylation is 1. The van der Waals surface area contributed by atoms with E-state index in [0.29, 0.717) is 29.9 Å². The molecule has 1 heterocycles. The minimum atomic E-state index is -4.38. The molecule has 8 heteroatoms. The number of carboxylic acids is 1. The van der Waals surface area contributed by atoms with Crippen molar-refractivity contribution in [3.05, 3.63) is 53.6 Å². The smallest absolute Gasteiger partial charge is 0.416 e. The normalized spacial score (nSPS) is 21.3. The number of carboxylic acid groups (broad SMARTS) is 1. The summed E-state index contributed by atoms with van der Waals surface area (Å²) in [5, 5.41) is 12.2. The van der Waals surface area contributed by atoms with Crippen LogP contribution in [0.5, 0.6) is 0 Å². The molecule has 0 amide bonds. The molecule has 0 radical (unpaired) electrons. The molecule has 4 rings (SSSR count). The summed E-state index contributed by atoms with van der Waals surface area (Å²) in [7, 11) is 0. The molecule has 1 aliphatic carbocycles. The number of anilines is 2. The summed E-state index contributed by atoms with van der Waals surface area (Å²) in [6.07, 6.45) is -0.759. The van der Waals surface area contributed by atoms with Crippen LogP contribution >= 0.6 is 0 Å². The molecule has 0 aliphatic heterocycles. The predicted octanol–water partition coefficient (Wildman–Crippen LogP) is 6.81. The number of nitrogens with zero attached hydrogens (tertiary/aromatic N) is 2. The first-order valence-electron chi connectivity index (χ1n) is 11.3. The van der Waals surface area contributed by atoms with Crippen molar-refractivity contribution in [3.8, 4) is 0 Å². The Balaban J connectivity index is 1.72. The number of halogens is 3. The Bertz CT molecular complexity index is 1130. The van der Waals surface area contributed by atoms with Crippen LogP contribution in [-0.4, -0.2) is 20.6 Å². The molecule has 0 bridgehead atoms. The Morgan fingerprint density at radius 1 is 1.09 bits per heavy atom. The van der Waals surface area contributed by atoms with Gasteiger partial charge in [0, 0.05) is 18.2 Å². The summed E-state index contributed by atoms with van der Waals surface area (Å²) in [6, 6.07) is 11.0. The van der Waals surface area contributed by atoms with E-state index in [0.717, 1.165) is 41.6 Å². The molecular weight excluding hydrogens is 431 g/mol. The van der Waals surface area contributed by atoms with E-state index in [1.165, 1.54) is 18.6 Å². The summed E-state index contributed by atoms with van der Waals surface area (Å²) < 4.78 is 41.0. The van der Waals surface area contributed by atoms with Gasteiger partial charge in [0.05, 0.1) is 16.6 Å². The van der Waals surface area contributed by atoms with Crippen molar-refractivity contribution in [1.29, 1.82) is 0 Å². The largest absolute Gasteiger partial charge is 0.481 e. The predicted molar refractivity (Wildman–Crippen MR) is 122 cm³/mol. The van der Waals surface area contributed by atoms with E-state index >= 15 is 0 Å². The average molecular weight is 460 g/mol. The maximum absolute atomic E-state index is 12.9. The summed E-state index contributed by atoms with van der Waals surface area (Å²) in [4.78, 5) is 15.7. The quantitative estimate of drug-likeness (QED) is 0.425. The number of benzene rings is 2. The maximum atomic E-state index is 12.9. The van der Waals surface area contributed by atoms with Crippen molar-refractivity contribution in [1.82, 2.24) is 9.55 Å². The number of fused-ring (bicyclic) bond motifs is 1. The molecule has 2 N–H and O–H groups in total. The van der Waals surface area contributed by atoms with Crippen LogP contribution in [0.25, 0.3) is 11.0 Å². The second-order valence-electron chi connectivity index (χ2n) is 9.29. The van der Waals surface area contributed by atoms with E-state index in [9.17, 15) is 18.0 Å². The Morgan fingerprint density at radius 2 is 1.76 bits per heavy atom. The Hall–Kier alpha value is -3.03. The Morgan fingerprint density at radius 3 is 2.36 bits per heavy atom. The van der Waals surface area contributed by atoms with Gasteiger partial charge in [-0.05, 0) is 79.5 Å². The molecular formula is C25H28F3N3O2. The van der Waals surface area contributed by atoms with Crippen molar-refractivity contribution >= 4 is 28.6 Å². The molecule has 5 nitrogen and oxygen atoms in total. The molecule has 176 valence electrons. The number of rotatable bonds is 6. The third kappa shape index (κ3) is 5.31.